The third kappa shape index (κ3) is 4.91. The van der Waals surface area contributed by atoms with E-state index in [1.807, 2.05) is 6.07 Å². The van der Waals surface area contributed by atoms with Crippen LogP contribution in [0.3, 0.4) is 0 Å². The van der Waals surface area contributed by atoms with Crippen molar-refractivity contribution in [3.05, 3.63) is 29.8 Å². The van der Waals surface area contributed by atoms with Crippen LogP contribution in [0.2, 0.25) is 0 Å². The number of aromatic hydroxyl groups is 1. The molecule has 2 rings (SSSR count). The molecule has 0 aliphatic carbocycles. The molecule has 1 aliphatic heterocycles. The number of carbonyl (C=O) groups is 1. The average molecular weight is 263 g/mol. The lowest BCUT2D eigenvalue weighted by Crippen LogP contribution is -2.30. The van der Waals surface area contributed by atoms with E-state index in [-0.39, 0.29) is 11.7 Å². The Morgan fingerprint density at radius 3 is 3.05 bits per heavy atom. The Hall–Kier alpha value is -1.55. The molecule has 0 radical (unpaired) electrons. The summed E-state index contributed by atoms with van der Waals surface area (Å²) in [5, 5.41) is 12.2. The lowest BCUT2D eigenvalue weighted by atomic mass is 10.1. The Kier molecular flexibility index (Phi) is 5.21. The molecular formula is C15H21NO3. The minimum absolute atomic E-state index is 0.0126. The monoisotopic (exact) mass is 263 g/mol. The van der Waals surface area contributed by atoms with E-state index in [1.54, 1.807) is 18.2 Å². The maximum atomic E-state index is 11.7. The molecule has 1 amide bonds. The first kappa shape index (κ1) is 13.9. The van der Waals surface area contributed by atoms with E-state index >= 15 is 0 Å². The van der Waals surface area contributed by atoms with Gasteiger partial charge in [0.1, 0.15) is 5.75 Å². The fourth-order valence-electron chi connectivity index (χ4n) is 2.32. The average Bonchev–Trinajstić information content (AvgIpc) is 2.40. The zero-order valence-electron chi connectivity index (χ0n) is 11.1. The lowest BCUT2D eigenvalue weighted by Gasteiger charge is -2.22. The fourth-order valence-corrected chi connectivity index (χ4v) is 2.32. The maximum absolute atomic E-state index is 11.7. The number of hydrogen-bond donors (Lipinski definition) is 2. The van der Waals surface area contributed by atoms with E-state index in [0.717, 1.165) is 31.4 Å². The van der Waals surface area contributed by atoms with Crippen LogP contribution >= 0.6 is 0 Å². The highest BCUT2D eigenvalue weighted by Crippen LogP contribution is 2.15. The van der Waals surface area contributed by atoms with Gasteiger partial charge in [-0.15, -0.1) is 0 Å². The van der Waals surface area contributed by atoms with Crippen LogP contribution in [0.5, 0.6) is 5.75 Å². The van der Waals surface area contributed by atoms with Crippen LogP contribution in [0.4, 0.5) is 0 Å². The summed E-state index contributed by atoms with van der Waals surface area (Å²) < 4.78 is 5.61. The first-order valence-corrected chi connectivity index (χ1v) is 6.90. The van der Waals surface area contributed by atoms with Crippen LogP contribution in [0.15, 0.2) is 24.3 Å². The van der Waals surface area contributed by atoms with Gasteiger partial charge in [0.2, 0.25) is 5.91 Å². The molecule has 1 aromatic carbocycles. The second-order valence-corrected chi connectivity index (χ2v) is 4.97. The summed E-state index contributed by atoms with van der Waals surface area (Å²) in [4.78, 5) is 11.7. The van der Waals surface area contributed by atoms with Gasteiger partial charge in [0.25, 0.3) is 0 Å². The van der Waals surface area contributed by atoms with Crippen LogP contribution < -0.4 is 5.32 Å². The van der Waals surface area contributed by atoms with Crippen molar-refractivity contribution < 1.29 is 14.6 Å². The molecule has 19 heavy (non-hydrogen) atoms. The topological polar surface area (TPSA) is 58.6 Å². The van der Waals surface area contributed by atoms with Crippen LogP contribution in [0, 0.1) is 0 Å². The van der Waals surface area contributed by atoms with Crippen LogP contribution in [0.1, 0.15) is 31.2 Å². The lowest BCUT2D eigenvalue weighted by molar-refractivity contribution is -0.120. The van der Waals surface area contributed by atoms with Gasteiger partial charge in [0.05, 0.1) is 12.5 Å². The van der Waals surface area contributed by atoms with E-state index in [9.17, 15) is 9.90 Å². The van der Waals surface area contributed by atoms with Crippen molar-refractivity contribution in [2.45, 2.75) is 38.2 Å². The van der Waals surface area contributed by atoms with E-state index in [0.29, 0.717) is 19.1 Å². The molecule has 1 atom stereocenters. The van der Waals surface area contributed by atoms with Gasteiger partial charge in [0.15, 0.2) is 0 Å². The van der Waals surface area contributed by atoms with Gasteiger partial charge < -0.3 is 15.2 Å². The summed E-state index contributed by atoms with van der Waals surface area (Å²) in [6, 6.07) is 6.79. The van der Waals surface area contributed by atoms with E-state index < -0.39 is 0 Å². The highest BCUT2D eigenvalue weighted by Gasteiger charge is 2.13. The van der Waals surface area contributed by atoms with Crippen molar-refractivity contribution in [3.63, 3.8) is 0 Å². The van der Waals surface area contributed by atoms with Crippen molar-refractivity contribution in [2.75, 3.05) is 13.2 Å². The minimum Gasteiger partial charge on any atom is -0.508 e. The molecule has 2 N–H and O–H groups in total. The Bertz CT molecular complexity index is 414. The van der Waals surface area contributed by atoms with Crippen LogP contribution in [-0.4, -0.2) is 30.3 Å². The van der Waals surface area contributed by atoms with Crippen molar-refractivity contribution >= 4 is 5.91 Å². The number of phenols is 1. The third-order valence-electron chi connectivity index (χ3n) is 3.34. The molecule has 1 saturated heterocycles. The highest BCUT2D eigenvalue weighted by atomic mass is 16.5. The molecule has 1 aromatic rings. The smallest absolute Gasteiger partial charge is 0.224 e. The molecule has 1 aliphatic rings. The minimum atomic E-state index is -0.0126. The van der Waals surface area contributed by atoms with Gasteiger partial charge in [-0.25, -0.2) is 0 Å². The molecule has 1 heterocycles. The molecule has 4 heteroatoms. The molecule has 104 valence electrons. The molecule has 1 unspecified atom stereocenters. The summed E-state index contributed by atoms with van der Waals surface area (Å²) in [6.07, 6.45) is 4.96. The normalized spacial score (nSPS) is 19.1. The van der Waals surface area contributed by atoms with E-state index in [1.165, 1.54) is 6.42 Å². The zero-order valence-corrected chi connectivity index (χ0v) is 11.1. The first-order chi connectivity index (χ1) is 9.24. The van der Waals surface area contributed by atoms with Crippen molar-refractivity contribution in [2.24, 2.45) is 0 Å². The van der Waals surface area contributed by atoms with Gasteiger partial charge in [-0.05, 0) is 43.4 Å². The highest BCUT2D eigenvalue weighted by molar-refractivity contribution is 5.78. The summed E-state index contributed by atoms with van der Waals surface area (Å²) >= 11 is 0. The summed E-state index contributed by atoms with van der Waals surface area (Å²) in [5.41, 5.74) is 0.825. The van der Waals surface area contributed by atoms with Crippen molar-refractivity contribution in [1.82, 2.24) is 5.32 Å². The SMILES string of the molecule is O=C(Cc1cccc(O)c1)NCCC1CCCCO1. The van der Waals surface area contributed by atoms with Gasteiger partial charge >= 0.3 is 0 Å². The van der Waals surface area contributed by atoms with Crippen LogP contribution in [0.25, 0.3) is 0 Å². The number of ether oxygens (including phenoxy) is 1. The number of nitrogens with one attached hydrogen (secondary N) is 1. The maximum Gasteiger partial charge on any atom is 0.224 e. The number of phenolic OH excluding ortho intramolecular Hbond substituents is 1. The number of carbonyl (C=O) groups excluding carboxylic acids is 1. The second-order valence-electron chi connectivity index (χ2n) is 4.97. The van der Waals surface area contributed by atoms with Crippen molar-refractivity contribution in [1.29, 1.82) is 0 Å². The van der Waals surface area contributed by atoms with Gasteiger partial charge in [-0.3, -0.25) is 4.79 Å². The third-order valence-corrected chi connectivity index (χ3v) is 3.34. The van der Waals surface area contributed by atoms with Gasteiger partial charge in [0, 0.05) is 13.2 Å². The Balaban J connectivity index is 1.67. The predicted molar refractivity (Wildman–Crippen MR) is 73.0 cm³/mol. The summed E-state index contributed by atoms with van der Waals surface area (Å²) in [7, 11) is 0. The molecule has 0 aromatic heterocycles. The van der Waals surface area contributed by atoms with Crippen molar-refractivity contribution in [3.8, 4) is 5.75 Å². The second kappa shape index (κ2) is 7.14. The first-order valence-electron chi connectivity index (χ1n) is 6.90. The largest absolute Gasteiger partial charge is 0.508 e. The van der Waals surface area contributed by atoms with Gasteiger partial charge in [-0.1, -0.05) is 12.1 Å². The number of benzene rings is 1. The Morgan fingerprint density at radius 1 is 1.42 bits per heavy atom. The molecular weight excluding hydrogens is 242 g/mol. The quantitative estimate of drug-likeness (QED) is 0.854. The Morgan fingerprint density at radius 2 is 2.32 bits per heavy atom. The summed E-state index contributed by atoms with van der Waals surface area (Å²) in [5.74, 6) is 0.183. The molecule has 0 spiro atoms. The molecule has 0 bridgehead atoms. The molecule has 0 saturated carbocycles. The Labute approximate surface area is 113 Å². The zero-order chi connectivity index (χ0) is 13.5. The standard InChI is InChI=1S/C15H21NO3/c17-13-5-3-4-12(10-13)11-15(18)16-8-7-14-6-1-2-9-19-14/h3-5,10,14,17H,1-2,6-9,11H2,(H,16,18). The van der Waals surface area contributed by atoms with Gasteiger partial charge in [-0.2, -0.15) is 0 Å². The number of hydrogen-bond acceptors (Lipinski definition) is 3. The molecule has 1 fully saturated rings. The fraction of sp³-hybridized carbons (Fsp3) is 0.533. The number of rotatable bonds is 5. The predicted octanol–water partition coefficient (Wildman–Crippen LogP) is 2.01. The molecule has 4 nitrogen and oxygen atoms in total. The number of amides is 1. The summed E-state index contributed by atoms with van der Waals surface area (Å²) in [6.45, 7) is 1.50. The van der Waals surface area contributed by atoms with E-state index in [2.05, 4.69) is 5.32 Å². The van der Waals surface area contributed by atoms with Crippen LogP contribution in [-0.2, 0) is 16.0 Å². The van der Waals surface area contributed by atoms with E-state index in [4.69, 9.17) is 4.74 Å².